The quantitative estimate of drug-likeness (QED) is 0.114. The lowest BCUT2D eigenvalue weighted by Gasteiger charge is -2.21. The molecule has 0 fully saturated rings. The van der Waals surface area contributed by atoms with Gasteiger partial charge in [-0.1, -0.05) is 65.8 Å². The van der Waals surface area contributed by atoms with Gasteiger partial charge < -0.3 is 19.6 Å². The fourth-order valence-corrected chi connectivity index (χ4v) is 4.31. The Labute approximate surface area is 208 Å². The molecular formula is C29H26N2O5. The Morgan fingerprint density at radius 2 is 1.72 bits per heavy atom. The molecule has 0 bridgehead atoms. The van der Waals surface area contributed by atoms with Gasteiger partial charge in [-0.25, -0.2) is 4.79 Å². The van der Waals surface area contributed by atoms with Crippen molar-refractivity contribution < 1.29 is 19.8 Å². The number of oxime groups is 1. The van der Waals surface area contributed by atoms with Gasteiger partial charge >= 0.3 is 6.16 Å². The third-order valence-electron chi connectivity index (χ3n) is 6.19. The second-order valence-corrected chi connectivity index (χ2v) is 8.54. The number of benzene rings is 3. The lowest BCUT2D eigenvalue weighted by atomic mass is 9.83. The van der Waals surface area contributed by atoms with Crippen LogP contribution < -0.4 is 10.3 Å². The molecule has 1 heterocycles. The number of carboxylic acid groups (broad SMARTS) is 1. The summed E-state index contributed by atoms with van der Waals surface area (Å²) in [6.07, 6.45) is 0.728. The molecule has 1 aromatic heterocycles. The van der Waals surface area contributed by atoms with E-state index in [4.69, 9.17) is 9.84 Å². The Balaban J connectivity index is 1.70. The largest absolute Gasteiger partial charge is 0.511 e. The Hall–Kier alpha value is -4.65. The highest BCUT2D eigenvalue weighted by atomic mass is 16.7. The van der Waals surface area contributed by atoms with E-state index in [9.17, 15) is 14.8 Å². The van der Waals surface area contributed by atoms with Crippen LogP contribution in [0.4, 0.5) is 4.79 Å². The molecular weight excluding hydrogens is 456 g/mol. The maximum atomic E-state index is 11.8. The average Bonchev–Trinajstić information content (AvgIpc) is 2.87. The van der Waals surface area contributed by atoms with Crippen LogP contribution in [0, 0.1) is 6.92 Å². The number of hydrogen-bond acceptors (Lipinski definition) is 5. The number of nitrogens with zero attached hydrogens (tertiary/aromatic N) is 2. The van der Waals surface area contributed by atoms with E-state index in [1.807, 2.05) is 55.5 Å². The lowest BCUT2D eigenvalue weighted by Crippen LogP contribution is -2.18. The zero-order valence-corrected chi connectivity index (χ0v) is 20.0. The van der Waals surface area contributed by atoms with Gasteiger partial charge in [-0.05, 0) is 52.9 Å². The molecule has 0 aliphatic carbocycles. The molecule has 2 N–H and O–H groups in total. The third-order valence-corrected chi connectivity index (χ3v) is 6.19. The van der Waals surface area contributed by atoms with Crippen molar-refractivity contribution in [2.75, 3.05) is 0 Å². The van der Waals surface area contributed by atoms with Gasteiger partial charge in [-0.3, -0.25) is 4.79 Å². The summed E-state index contributed by atoms with van der Waals surface area (Å²) in [7, 11) is 1.66. The van der Waals surface area contributed by atoms with Crippen molar-refractivity contribution in [3.05, 3.63) is 124 Å². The zero-order valence-electron chi connectivity index (χ0n) is 20.0. The number of pyridine rings is 1. The van der Waals surface area contributed by atoms with E-state index in [0.717, 1.165) is 27.8 Å². The summed E-state index contributed by atoms with van der Waals surface area (Å²) in [6, 6.07) is 26.1. The molecule has 1 unspecified atom stereocenters. The second kappa shape index (κ2) is 10.7. The first kappa shape index (κ1) is 24.5. The highest BCUT2D eigenvalue weighted by Crippen LogP contribution is 2.33. The predicted octanol–water partition coefficient (Wildman–Crippen LogP) is 5.82. The van der Waals surface area contributed by atoms with Crippen LogP contribution >= 0.6 is 0 Å². The standard InChI is InChI=1S/C29H26N2O5/c1-19-6-3-4-9-25(19)26(17-27(30-35)23-14-15-28(32)31(2)18-23)21-12-10-20(11-13-21)22-7-5-8-24(16-22)36-29(33)34/h3-16,18,26,35H,17H2,1-2H3,(H,33,34)/b30-27+. The lowest BCUT2D eigenvalue weighted by molar-refractivity contribution is 0.144. The molecule has 0 radical (unpaired) electrons. The first-order chi connectivity index (χ1) is 17.4. The van der Waals surface area contributed by atoms with Crippen LogP contribution in [-0.4, -0.2) is 26.7 Å². The van der Waals surface area contributed by atoms with Crippen LogP contribution in [0.25, 0.3) is 11.1 Å². The molecule has 0 spiro atoms. The highest BCUT2D eigenvalue weighted by molar-refractivity contribution is 6.00. The molecule has 36 heavy (non-hydrogen) atoms. The molecule has 4 aromatic rings. The van der Waals surface area contributed by atoms with Crippen molar-refractivity contribution in [3.8, 4) is 16.9 Å². The van der Waals surface area contributed by atoms with E-state index in [1.54, 1.807) is 37.5 Å². The maximum absolute atomic E-state index is 11.8. The minimum Gasteiger partial charge on any atom is -0.449 e. The van der Waals surface area contributed by atoms with Gasteiger partial charge in [-0.2, -0.15) is 0 Å². The normalized spacial score (nSPS) is 12.2. The molecule has 1 atom stereocenters. The van der Waals surface area contributed by atoms with Crippen LogP contribution in [0.1, 0.15) is 34.6 Å². The van der Waals surface area contributed by atoms with Crippen molar-refractivity contribution in [2.45, 2.75) is 19.3 Å². The summed E-state index contributed by atoms with van der Waals surface area (Å²) in [5.74, 6) is 0.146. The van der Waals surface area contributed by atoms with Crippen LogP contribution in [0.15, 0.2) is 101 Å². The monoisotopic (exact) mass is 482 g/mol. The SMILES string of the molecule is Cc1ccccc1C(C/C(=N\O)c1ccc(=O)n(C)c1)c1ccc(-c2cccc(OC(=O)O)c2)cc1. The maximum Gasteiger partial charge on any atom is 0.511 e. The first-order valence-corrected chi connectivity index (χ1v) is 11.4. The fraction of sp³-hybridized carbons (Fsp3) is 0.138. The van der Waals surface area contributed by atoms with Gasteiger partial charge in [0.15, 0.2) is 0 Å². The topological polar surface area (TPSA) is 101 Å². The van der Waals surface area contributed by atoms with E-state index in [-0.39, 0.29) is 17.2 Å². The molecule has 182 valence electrons. The Morgan fingerprint density at radius 1 is 0.972 bits per heavy atom. The number of rotatable bonds is 7. The molecule has 0 saturated heterocycles. The Morgan fingerprint density at radius 3 is 2.39 bits per heavy atom. The third kappa shape index (κ3) is 5.52. The number of carbonyl (C=O) groups is 1. The smallest absolute Gasteiger partial charge is 0.449 e. The number of aromatic nitrogens is 1. The molecule has 7 heteroatoms. The number of ether oxygens (including phenoxy) is 1. The summed E-state index contributed by atoms with van der Waals surface area (Å²) in [5.41, 5.74) is 5.99. The summed E-state index contributed by atoms with van der Waals surface area (Å²) in [4.78, 5) is 22.7. The molecule has 0 aliphatic heterocycles. The minimum atomic E-state index is -1.36. The molecule has 0 amide bonds. The van der Waals surface area contributed by atoms with Crippen LogP contribution in [-0.2, 0) is 7.05 Å². The number of hydrogen-bond donors (Lipinski definition) is 2. The Kier molecular flexibility index (Phi) is 7.30. The van der Waals surface area contributed by atoms with Crippen LogP contribution in [0.5, 0.6) is 5.75 Å². The van der Waals surface area contributed by atoms with E-state index in [2.05, 4.69) is 11.2 Å². The molecule has 3 aromatic carbocycles. The van der Waals surface area contributed by atoms with Gasteiger partial charge in [-0.15, -0.1) is 0 Å². The minimum absolute atomic E-state index is 0.106. The van der Waals surface area contributed by atoms with E-state index >= 15 is 0 Å². The first-order valence-electron chi connectivity index (χ1n) is 11.4. The predicted molar refractivity (Wildman–Crippen MR) is 138 cm³/mol. The van der Waals surface area contributed by atoms with Gasteiger partial charge in [0.25, 0.3) is 0 Å². The molecule has 4 rings (SSSR count). The summed E-state index contributed by atoms with van der Waals surface area (Å²) >= 11 is 0. The van der Waals surface area contributed by atoms with Crippen LogP contribution in [0.2, 0.25) is 0 Å². The van der Waals surface area contributed by atoms with Crippen molar-refractivity contribution in [2.24, 2.45) is 12.2 Å². The summed E-state index contributed by atoms with van der Waals surface area (Å²) in [5, 5.41) is 22.4. The van der Waals surface area contributed by atoms with Crippen LogP contribution in [0.3, 0.4) is 0 Å². The van der Waals surface area contributed by atoms with Gasteiger partial charge in [0.1, 0.15) is 5.75 Å². The second-order valence-electron chi connectivity index (χ2n) is 8.54. The molecule has 0 saturated carbocycles. The van der Waals surface area contributed by atoms with Crippen molar-refractivity contribution in [3.63, 3.8) is 0 Å². The van der Waals surface area contributed by atoms with Crippen molar-refractivity contribution in [1.82, 2.24) is 4.57 Å². The highest BCUT2D eigenvalue weighted by Gasteiger charge is 2.21. The molecule has 7 nitrogen and oxygen atoms in total. The van der Waals surface area contributed by atoms with E-state index in [1.165, 1.54) is 10.6 Å². The average molecular weight is 483 g/mol. The fourth-order valence-electron chi connectivity index (χ4n) is 4.31. The number of aryl methyl sites for hydroxylation is 2. The zero-order chi connectivity index (χ0) is 25.7. The van der Waals surface area contributed by atoms with Gasteiger partial charge in [0.05, 0.1) is 5.71 Å². The summed E-state index contributed by atoms with van der Waals surface area (Å²) < 4.78 is 6.24. The van der Waals surface area contributed by atoms with Crippen molar-refractivity contribution >= 4 is 11.9 Å². The van der Waals surface area contributed by atoms with Gasteiger partial charge in [0.2, 0.25) is 5.56 Å². The Bertz CT molecular complexity index is 1470. The molecule has 0 aliphatic rings. The van der Waals surface area contributed by atoms with E-state index in [0.29, 0.717) is 17.7 Å². The van der Waals surface area contributed by atoms with E-state index < -0.39 is 6.16 Å². The summed E-state index contributed by atoms with van der Waals surface area (Å²) in [6.45, 7) is 2.05. The van der Waals surface area contributed by atoms with Crippen molar-refractivity contribution in [1.29, 1.82) is 0 Å². The van der Waals surface area contributed by atoms with Gasteiger partial charge in [0, 0.05) is 37.2 Å².